The molecule has 0 aliphatic carbocycles. The van der Waals surface area contributed by atoms with Crippen molar-refractivity contribution in [2.24, 2.45) is 5.73 Å². The van der Waals surface area contributed by atoms with E-state index in [4.69, 9.17) is 5.73 Å². The third kappa shape index (κ3) is 3.76. The lowest BCUT2D eigenvalue weighted by atomic mass is 10.1. The summed E-state index contributed by atoms with van der Waals surface area (Å²) in [5, 5.41) is -0.535. The molecule has 6 heteroatoms. The first kappa shape index (κ1) is 14.1. The number of pyridine rings is 1. The molecule has 0 fully saturated rings. The van der Waals surface area contributed by atoms with E-state index >= 15 is 0 Å². The monoisotopic (exact) mass is 257 g/mol. The van der Waals surface area contributed by atoms with Gasteiger partial charge in [0, 0.05) is 25.0 Å². The van der Waals surface area contributed by atoms with Crippen LogP contribution in [0.5, 0.6) is 0 Å². The Morgan fingerprint density at radius 1 is 1.41 bits per heavy atom. The average molecular weight is 257 g/mol. The predicted molar refractivity (Wildman–Crippen MR) is 67.8 cm³/mol. The third-order valence-corrected chi connectivity index (χ3v) is 4.79. The van der Waals surface area contributed by atoms with Crippen molar-refractivity contribution in [1.82, 2.24) is 9.71 Å². The van der Waals surface area contributed by atoms with Crippen LogP contribution < -0.4 is 10.5 Å². The Hall–Kier alpha value is -0.980. The van der Waals surface area contributed by atoms with Crippen molar-refractivity contribution in [3.63, 3.8) is 0 Å². The van der Waals surface area contributed by atoms with Crippen molar-refractivity contribution in [1.29, 1.82) is 0 Å². The van der Waals surface area contributed by atoms with Crippen molar-refractivity contribution in [2.45, 2.75) is 31.6 Å². The van der Waals surface area contributed by atoms with E-state index in [0.29, 0.717) is 6.42 Å². The topological polar surface area (TPSA) is 85.1 Å². The summed E-state index contributed by atoms with van der Waals surface area (Å²) >= 11 is 0. The first-order chi connectivity index (χ1) is 8.01. The molecule has 1 heterocycles. The van der Waals surface area contributed by atoms with Gasteiger partial charge in [0.1, 0.15) is 0 Å². The SMILES string of the molecule is CCC(CN)S(=O)(=O)NC(C)c1ccncc1. The maximum atomic E-state index is 12.0. The molecular weight excluding hydrogens is 238 g/mol. The minimum atomic E-state index is -3.37. The van der Waals surface area contributed by atoms with Crippen LogP contribution in [0.2, 0.25) is 0 Å². The molecule has 0 bridgehead atoms. The molecule has 2 atom stereocenters. The molecule has 0 spiro atoms. The van der Waals surface area contributed by atoms with Crippen molar-refractivity contribution in [2.75, 3.05) is 6.54 Å². The van der Waals surface area contributed by atoms with Gasteiger partial charge in [-0.2, -0.15) is 0 Å². The number of sulfonamides is 1. The van der Waals surface area contributed by atoms with Gasteiger partial charge in [-0.3, -0.25) is 4.98 Å². The third-order valence-electron chi connectivity index (χ3n) is 2.70. The highest BCUT2D eigenvalue weighted by Gasteiger charge is 2.24. The first-order valence-corrected chi connectivity index (χ1v) is 7.17. The van der Waals surface area contributed by atoms with Gasteiger partial charge in [0.2, 0.25) is 10.0 Å². The summed E-state index contributed by atoms with van der Waals surface area (Å²) in [6.07, 6.45) is 3.79. The summed E-state index contributed by atoms with van der Waals surface area (Å²) in [4.78, 5) is 3.89. The zero-order valence-electron chi connectivity index (χ0n) is 10.1. The molecule has 5 nitrogen and oxygen atoms in total. The highest BCUT2D eigenvalue weighted by Crippen LogP contribution is 2.14. The summed E-state index contributed by atoms with van der Waals surface area (Å²) < 4.78 is 26.6. The molecule has 0 aliphatic rings. The first-order valence-electron chi connectivity index (χ1n) is 5.62. The van der Waals surface area contributed by atoms with Crippen LogP contribution in [0, 0.1) is 0 Å². The second-order valence-electron chi connectivity index (χ2n) is 3.93. The van der Waals surface area contributed by atoms with Crippen LogP contribution in [0.15, 0.2) is 24.5 Å². The van der Waals surface area contributed by atoms with Crippen LogP contribution in [-0.2, 0) is 10.0 Å². The molecule has 17 heavy (non-hydrogen) atoms. The minimum absolute atomic E-state index is 0.134. The van der Waals surface area contributed by atoms with Gasteiger partial charge in [0.05, 0.1) is 5.25 Å². The summed E-state index contributed by atoms with van der Waals surface area (Å²) in [7, 11) is -3.37. The zero-order chi connectivity index (χ0) is 12.9. The van der Waals surface area contributed by atoms with Gasteiger partial charge in [0.25, 0.3) is 0 Å². The zero-order valence-corrected chi connectivity index (χ0v) is 10.9. The summed E-state index contributed by atoms with van der Waals surface area (Å²) in [5.74, 6) is 0. The maximum absolute atomic E-state index is 12.0. The Balaban J connectivity index is 2.78. The molecule has 0 amide bonds. The van der Waals surface area contributed by atoms with Crippen LogP contribution >= 0.6 is 0 Å². The van der Waals surface area contributed by atoms with Crippen molar-refractivity contribution >= 4 is 10.0 Å². The number of nitrogens with one attached hydrogen (secondary N) is 1. The van der Waals surface area contributed by atoms with E-state index in [9.17, 15) is 8.42 Å². The molecule has 1 aromatic rings. The van der Waals surface area contributed by atoms with E-state index in [1.807, 2.05) is 6.92 Å². The van der Waals surface area contributed by atoms with Crippen molar-refractivity contribution in [3.8, 4) is 0 Å². The molecule has 0 saturated carbocycles. The molecule has 3 N–H and O–H groups in total. The van der Waals surface area contributed by atoms with Crippen LogP contribution in [0.1, 0.15) is 31.9 Å². The number of nitrogens with two attached hydrogens (primary N) is 1. The van der Waals surface area contributed by atoms with Crippen molar-refractivity contribution in [3.05, 3.63) is 30.1 Å². The van der Waals surface area contributed by atoms with Crippen LogP contribution in [-0.4, -0.2) is 25.2 Å². The van der Waals surface area contributed by atoms with Gasteiger partial charge in [-0.25, -0.2) is 13.1 Å². The summed E-state index contributed by atoms with van der Waals surface area (Å²) in [5.41, 5.74) is 6.34. The van der Waals surface area contributed by atoms with Gasteiger partial charge in [-0.1, -0.05) is 6.92 Å². The highest BCUT2D eigenvalue weighted by atomic mass is 32.2. The van der Waals surface area contributed by atoms with Crippen LogP contribution in [0.4, 0.5) is 0 Å². The predicted octanol–water partition coefficient (Wildman–Crippen LogP) is 0.799. The molecule has 0 saturated heterocycles. The second-order valence-corrected chi connectivity index (χ2v) is 5.92. The molecule has 1 aromatic heterocycles. The smallest absolute Gasteiger partial charge is 0.216 e. The molecule has 2 unspecified atom stereocenters. The number of rotatable bonds is 6. The Morgan fingerprint density at radius 2 is 2.00 bits per heavy atom. The van der Waals surface area contributed by atoms with E-state index in [1.54, 1.807) is 31.5 Å². The summed E-state index contributed by atoms with van der Waals surface area (Å²) in [6, 6.07) is 3.30. The largest absolute Gasteiger partial charge is 0.329 e. The molecule has 96 valence electrons. The van der Waals surface area contributed by atoms with Crippen LogP contribution in [0.3, 0.4) is 0 Å². The number of hydrogen-bond donors (Lipinski definition) is 2. The van der Waals surface area contributed by atoms with E-state index in [1.165, 1.54) is 0 Å². The van der Waals surface area contributed by atoms with Gasteiger partial charge >= 0.3 is 0 Å². The lowest BCUT2D eigenvalue weighted by Gasteiger charge is -2.19. The Bertz CT molecular complexity index is 429. The molecule has 0 aliphatic heterocycles. The molecule has 0 radical (unpaired) electrons. The Morgan fingerprint density at radius 3 is 2.47 bits per heavy atom. The normalized spacial score (nSPS) is 15.5. The van der Waals surface area contributed by atoms with Gasteiger partial charge < -0.3 is 5.73 Å². The van der Waals surface area contributed by atoms with E-state index < -0.39 is 15.3 Å². The standard InChI is InChI=1S/C11H19N3O2S/c1-3-11(8-12)17(15,16)14-9(2)10-4-6-13-7-5-10/h4-7,9,11,14H,3,8,12H2,1-2H3. The number of nitrogens with zero attached hydrogens (tertiary/aromatic N) is 1. The van der Waals surface area contributed by atoms with Gasteiger partial charge in [0.15, 0.2) is 0 Å². The molecule has 0 aromatic carbocycles. The average Bonchev–Trinajstić information content (AvgIpc) is 2.30. The van der Waals surface area contributed by atoms with E-state index in [0.717, 1.165) is 5.56 Å². The quantitative estimate of drug-likeness (QED) is 0.789. The Labute approximate surface area is 102 Å². The summed E-state index contributed by atoms with van der Waals surface area (Å²) in [6.45, 7) is 3.75. The fourth-order valence-electron chi connectivity index (χ4n) is 1.58. The number of hydrogen-bond acceptors (Lipinski definition) is 4. The maximum Gasteiger partial charge on any atom is 0.216 e. The Kier molecular flexibility index (Phi) is 5.04. The molecule has 1 rings (SSSR count). The highest BCUT2D eigenvalue weighted by molar-refractivity contribution is 7.90. The second kappa shape index (κ2) is 6.09. The lowest BCUT2D eigenvalue weighted by Crippen LogP contribution is -2.39. The van der Waals surface area contributed by atoms with E-state index in [-0.39, 0.29) is 12.6 Å². The lowest BCUT2D eigenvalue weighted by molar-refractivity contribution is 0.547. The van der Waals surface area contributed by atoms with Gasteiger partial charge in [-0.15, -0.1) is 0 Å². The van der Waals surface area contributed by atoms with Gasteiger partial charge in [-0.05, 0) is 31.0 Å². The fraction of sp³-hybridized carbons (Fsp3) is 0.545. The number of aromatic nitrogens is 1. The van der Waals surface area contributed by atoms with Crippen LogP contribution in [0.25, 0.3) is 0 Å². The fourth-order valence-corrected chi connectivity index (χ4v) is 3.09. The van der Waals surface area contributed by atoms with Crippen molar-refractivity contribution < 1.29 is 8.42 Å². The minimum Gasteiger partial charge on any atom is -0.329 e. The van der Waals surface area contributed by atoms with E-state index in [2.05, 4.69) is 9.71 Å². The molecular formula is C11H19N3O2S.